The number of benzene rings is 2. The Kier molecular flexibility index (Phi) is 6.45. The summed E-state index contributed by atoms with van der Waals surface area (Å²) in [6.07, 6.45) is 0.699. The molecule has 0 aromatic heterocycles. The van der Waals surface area contributed by atoms with Crippen LogP contribution in [0.15, 0.2) is 52.0 Å². The Hall–Kier alpha value is -1.56. The van der Waals surface area contributed by atoms with Crippen LogP contribution in [-0.2, 0) is 4.79 Å². The number of hydrogen-bond acceptors (Lipinski definition) is 3. The van der Waals surface area contributed by atoms with Crippen molar-refractivity contribution in [3.05, 3.63) is 62.5 Å². The van der Waals surface area contributed by atoms with E-state index in [1.54, 1.807) is 37.3 Å². The lowest BCUT2D eigenvalue weighted by molar-refractivity contribution is -0.127. The van der Waals surface area contributed by atoms with Crippen LogP contribution in [0.2, 0.25) is 10.0 Å². The third-order valence-electron chi connectivity index (χ3n) is 2.86. The third kappa shape index (κ3) is 5.23. The Morgan fingerprint density at radius 3 is 2.43 bits per heavy atom. The van der Waals surface area contributed by atoms with Gasteiger partial charge in [0.15, 0.2) is 6.10 Å². The molecule has 0 aliphatic heterocycles. The minimum absolute atomic E-state index is 0.382. The Morgan fingerprint density at radius 2 is 1.83 bits per heavy atom. The van der Waals surface area contributed by atoms with Crippen LogP contribution in [0.1, 0.15) is 12.5 Å². The number of ether oxygens (including phenoxy) is 1. The van der Waals surface area contributed by atoms with Crippen LogP contribution in [0.5, 0.6) is 5.75 Å². The standard InChI is InChI=1S/C16H13BrCl2N2O2/c1-10(23-12-7-5-11(17)6-8-12)16(22)21-20-9-13-14(18)3-2-4-15(13)19/h2-10H,1H3,(H,21,22). The van der Waals surface area contributed by atoms with Gasteiger partial charge in [-0.3, -0.25) is 4.79 Å². The second kappa shape index (κ2) is 8.34. The van der Waals surface area contributed by atoms with Crippen molar-refractivity contribution in [1.82, 2.24) is 5.43 Å². The van der Waals surface area contributed by atoms with E-state index in [1.807, 2.05) is 12.1 Å². The van der Waals surface area contributed by atoms with Gasteiger partial charge in [-0.15, -0.1) is 0 Å². The SMILES string of the molecule is CC(Oc1ccc(Br)cc1)C(=O)NN=Cc1c(Cl)cccc1Cl. The summed E-state index contributed by atoms with van der Waals surface area (Å²) in [4.78, 5) is 11.9. The van der Waals surface area contributed by atoms with Gasteiger partial charge in [-0.2, -0.15) is 5.10 Å². The average Bonchev–Trinajstić information content (AvgIpc) is 2.52. The molecule has 0 saturated heterocycles. The van der Waals surface area contributed by atoms with Gasteiger partial charge in [-0.05, 0) is 43.3 Å². The molecule has 23 heavy (non-hydrogen) atoms. The van der Waals surface area contributed by atoms with E-state index < -0.39 is 6.10 Å². The molecule has 1 amide bonds. The highest BCUT2D eigenvalue weighted by Gasteiger charge is 2.14. The van der Waals surface area contributed by atoms with Crippen molar-refractivity contribution in [2.75, 3.05) is 0 Å². The molecule has 1 N–H and O–H groups in total. The van der Waals surface area contributed by atoms with Crippen LogP contribution in [0.3, 0.4) is 0 Å². The summed E-state index contributed by atoms with van der Waals surface area (Å²) in [5, 5.41) is 4.77. The minimum atomic E-state index is -0.699. The minimum Gasteiger partial charge on any atom is -0.481 e. The van der Waals surface area contributed by atoms with E-state index in [4.69, 9.17) is 27.9 Å². The summed E-state index contributed by atoms with van der Waals surface area (Å²) < 4.78 is 6.46. The summed E-state index contributed by atoms with van der Waals surface area (Å²) in [6.45, 7) is 1.63. The number of hydrogen-bond donors (Lipinski definition) is 1. The molecule has 0 spiro atoms. The lowest BCUT2D eigenvalue weighted by atomic mass is 10.2. The third-order valence-corrected chi connectivity index (χ3v) is 4.05. The van der Waals surface area contributed by atoms with Crippen LogP contribution in [0.25, 0.3) is 0 Å². The maximum atomic E-state index is 11.9. The molecular weight excluding hydrogens is 403 g/mol. The van der Waals surface area contributed by atoms with Gasteiger partial charge in [0.1, 0.15) is 5.75 Å². The number of hydrazone groups is 1. The van der Waals surface area contributed by atoms with Crippen LogP contribution in [-0.4, -0.2) is 18.2 Å². The van der Waals surface area contributed by atoms with Crippen molar-refractivity contribution in [2.24, 2.45) is 5.10 Å². The van der Waals surface area contributed by atoms with Crippen molar-refractivity contribution >= 4 is 51.3 Å². The number of nitrogens with zero attached hydrogens (tertiary/aromatic N) is 1. The van der Waals surface area contributed by atoms with Gasteiger partial charge in [0.2, 0.25) is 0 Å². The number of carbonyl (C=O) groups excluding carboxylic acids is 1. The highest BCUT2D eigenvalue weighted by Crippen LogP contribution is 2.22. The van der Waals surface area contributed by atoms with Crippen molar-refractivity contribution in [3.8, 4) is 5.75 Å². The fraction of sp³-hybridized carbons (Fsp3) is 0.125. The van der Waals surface area contributed by atoms with Crippen molar-refractivity contribution in [1.29, 1.82) is 0 Å². The Balaban J connectivity index is 1.93. The van der Waals surface area contributed by atoms with E-state index in [0.29, 0.717) is 21.4 Å². The smallest absolute Gasteiger partial charge is 0.280 e. The van der Waals surface area contributed by atoms with Crippen molar-refractivity contribution < 1.29 is 9.53 Å². The highest BCUT2D eigenvalue weighted by molar-refractivity contribution is 9.10. The van der Waals surface area contributed by atoms with E-state index in [9.17, 15) is 4.79 Å². The van der Waals surface area contributed by atoms with Crippen LogP contribution in [0.4, 0.5) is 0 Å². The van der Waals surface area contributed by atoms with E-state index in [0.717, 1.165) is 4.47 Å². The monoisotopic (exact) mass is 414 g/mol. The highest BCUT2D eigenvalue weighted by atomic mass is 79.9. The number of nitrogens with one attached hydrogen (secondary N) is 1. The second-order valence-corrected chi connectivity index (χ2v) is 6.31. The van der Waals surface area contributed by atoms with Crippen LogP contribution >= 0.6 is 39.1 Å². The maximum Gasteiger partial charge on any atom is 0.280 e. The number of rotatable bonds is 5. The van der Waals surface area contributed by atoms with Gasteiger partial charge >= 0.3 is 0 Å². The first-order chi connectivity index (χ1) is 11.0. The number of halogens is 3. The maximum absolute atomic E-state index is 11.9. The van der Waals surface area contributed by atoms with Crippen LogP contribution < -0.4 is 10.2 Å². The molecule has 1 unspecified atom stereocenters. The Morgan fingerprint density at radius 1 is 1.22 bits per heavy atom. The summed E-state index contributed by atoms with van der Waals surface area (Å²) in [7, 11) is 0. The zero-order valence-corrected chi connectivity index (χ0v) is 15.2. The summed E-state index contributed by atoms with van der Waals surface area (Å²) in [5.74, 6) is 0.210. The Labute approximate surface area is 152 Å². The molecule has 2 aromatic carbocycles. The largest absolute Gasteiger partial charge is 0.481 e. The normalized spacial score (nSPS) is 12.2. The summed E-state index contributed by atoms with van der Waals surface area (Å²) in [6, 6.07) is 12.3. The predicted octanol–water partition coefficient (Wildman–Crippen LogP) is 4.67. The molecule has 0 fully saturated rings. The second-order valence-electron chi connectivity index (χ2n) is 4.58. The van der Waals surface area contributed by atoms with Gasteiger partial charge < -0.3 is 4.74 Å². The predicted molar refractivity (Wildman–Crippen MR) is 96.4 cm³/mol. The quantitative estimate of drug-likeness (QED) is 0.569. The molecule has 0 saturated carbocycles. The van der Waals surface area contributed by atoms with E-state index in [2.05, 4.69) is 26.5 Å². The molecule has 2 aromatic rings. The molecule has 0 bridgehead atoms. The molecule has 0 aliphatic carbocycles. The zero-order valence-electron chi connectivity index (χ0n) is 12.1. The van der Waals surface area contributed by atoms with E-state index in [-0.39, 0.29) is 5.91 Å². The van der Waals surface area contributed by atoms with Gasteiger partial charge in [0.25, 0.3) is 5.91 Å². The van der Waals surface area contributed by atoms with Crippen molar-refractivity contribution in [3.63, 3.8) is 0 Å². The lowest BCUT2D eigenvalue weighted by Gasteiger charge is -2.12. The molecule has 4 nitrogen and oxygen atoms in total. The number of carbonyl (C=O) groups is 1. The van der Waals surface area contributed by atoms with Crippen molar-refractivity contribution in [2.45, 2.75) is 13.0 Å². The molecule has 0 aliphatic rings. The first-order valence-corrected chi connectivity index (χ1v) is 8.21. The average molecular weight is 416 g/mol. The zero-order chi connectivity index (χ0) is 16.8. The van der Waals surface area contributed by atoms with E-state index in [1.165, 1.54) is 6.21 Å². The van der Waals surface area contributed by atoms with E-state index >= 15 is 0 Å². The molecule has 0 radical (unpaired) electrons. The lowest BCUT2D eigenvalue weighted by Crippen LogP contribution is -2.33. The Bertz CT molecular complexity index is 700. The molecule has 120 valence electrons. The summed E-state index contributed by atoms with van der Waals surface area (Å²) >= 11 is 15.4. The first-order valence-electron chi connectivity index (χ1n) is 6.66. The molecule has 0 heterocycles. The molecular formula is C16H13BrCl2N2O2. The number of amides is 1. The molecule has 7 heteroatoms. The first kappa shape index (κ1) is 17.8. The fourth-order valence-corrected chi connectivity index (χ4v) is 2.42. The van der Waals surface area contributed by atoms with Gasteiger partial charge in [0.05, 0.1) is 16.3 Å². The molecule has 1 atom stereocenters. The van der Waals surface area contributed by atoms with Gasteiger partial charge in [-0.1, -0.05) is 45.2 Å². The fourth-order valence-electron chi connectivity index (χ4n) is 1.66. The van der Waals surface area contributed by atoms with Crippen LogP contribution in [0, 0.1) is 0 Å². The van der Waals surface area contributed by atoms with Gasteiger partial charge in [0, 0.05) is 10.0 Å². The summed E-state index contributed by atoms with van der Waals surface area (Å²) in [5.41, 5.74) is 2.94. The van der Waals surface area contributed by atoms with Gasteiger partial charge in [-0.25, -0.2) is 5.43 Å². The molecule has 2 rings (SSSR count). The topological polar surface area (TPSA) is 50.7 Å².